The first-order valence-electron chi connectivity index (χ1n) is 29.0. The number of carbonyl (C=O) groups excluding carboxylic acids is 2. The molecule has 3 N–H and O–H groups in total. The van der Waals surface area contributed by atoms with E-state index in [1.54, 1.807) is 6.08 Å². The molecular formula is C58H113NO5. The Morgan fingerprint density at radius 2 is 0.719 bits per heavy atom. The number of aliphatic hydroxyl groups is 2. The third-order valence-electron chi connectivity index (χ3n) is 13.6. The molecule has 0 aromatic rings. The number of ether oxygens (including phenoxy) is 1. The number of esters is 1. The van der Waals surface area contributed by atoms with Gasteiger partial charge in [-0.1, -0.05) is 289 Å². The second-order valence-corrected chi connectivity index (χ2v) is 20.0. The summed E-state index contributed by atoms with van der Waals surface area (Å²) in [5, 5.41) is 23.1. The molecule has 0 radical (unpaired) electrons. The summed E-state index contributed by atoms with van der Waals surface area (Å²) < 4.78 is 5.48. The van der Waals surface area contributed by atoms with Gasteiger partial charge in [-0.05, 0) is 32.1 Å². The Morgan fingerprint density at radius 1 is 0.422 bits per heavy atom. The van der Waals surface area contributed by atoms with Gasteiger partial charge in [0.25, 0.3) is 0 Å². The van der Waals surface area contributed by atoms with E-state index in [1.165, 1.54) is 238 Å². The van der Waals surface area contributed by atoms with Crippen LogP contribution < -0.4 is 5.32 Å². The highest BCUT2D eigenvalue weighted by molar-refractivity contribution is 5.76. The van der Waals surface area contributed by atoms with Crippen molar-refractivity contribution in [3.8, 4) is 0 Å². The monoisotopic (exact) mass is 904 g/mol. The SMILES string of the molecule is CCCCCCCCCCCCCCCCCC/C=C/C(O)C(CO)NC(=O)CCCCCCCCCCCCCCCCOC(=O)CCCCCCCCCCCCCCCCC. The van der Waals surface area contributed by atoms with Crippen molar-refractivity contribution in [1.29, 1.82) is 0 Å². The minimum absolute atomic E-state index is 0.000132. The van der Waals surface area contributed by atoms with Gasteiger partial charge >= 0.3 is 5.97 Å². The molecule has 0 bridgehead atoms. The van der Waals surface area contributed by atoms with Crippen LogP contribution in [0.2, 0.25) is 0 Å². The summed E-state index contributed by atoms with van der Waals surface area (Å²) in [6.07, 6.45) is 63.7. The van der Waals surface area contributed by atoms with Crippen LogP contribution in [0, 0.1) is 0 Å². The fourth-order valence-electron chi connectivity index (χ4n) is 9.11. The molecule has 0 saturated heterocycles. The highest BCUT2D eigenvalue weighted by Crippen LogP contribution is 2.17. The Bertz CT molecular complexity index is 955. The number of unbranched alkanes of at least 4 members (excludes halogenated alkanes) is 43. The van der Waals surface area contributed by atoms with Crippen molar-refractivity contribution in [2.75, 3.05) is 13.2 Å². The van der Waals surface area contributed by atoms with Crippen molar-refractivity contribution in [2.24, 2.45) is 0 Å². The van der Waals surface area contributed by atoms with Gasteiger partial charge in [-0.3, -0.25) is 9.59 Å². The molecule has 0 spiro atoms. The van der Waals surface area contributed by atoms with Gasteiger partial charge in [0.15, 0.2) is 0 Å². The number of rotatable bonds is 54. The van der Waals surface area contributed by atoms with Crippen molar-refractivity contribution < 1.29 is 24.5 Å². The second kappa shape index (κ2) is 54.2. The lowest BCUT2D eigenvalue weighted by Gasteiger charge is -2.20. The maximum absolute atomic E-state index is 12.5. The predicted molar refractivity (Wildman–Crippen MR) is 278 cm³/mol. The zero-order valence-electron chi connectivity index (χ0n) is 43.3. The van der Waals surface area contributed by atoms with E-state index in [-0.39, 0.29) is 18.5 Å². The Kier molecular flexibility index (Phi) is 53.0. The third kappa shape index (κ3) is 50.0. The number of nitrogens with one attached hydrogen (secondary N) is 1. The van der Waals surface area contributed by atoms with Crippen LogP contribution in [0.15, 0.2) is 12.2 Å². The van der Waals surface area contributed by atoms with E-state index in [9.17, 15) is 19.8 Å². The van der Waals surface area contributed by atoms with Crippen LogP contribution in [0.5, 0.6) is 0 Å². The fraction of sp³-hybridized carbons (Fsp3) is 0.931. The topological polar surface area (TPSA) is 95.9 Å². The molecular weight excluding hydrogens is 791 g/mol. The average molecular weight is 905 g/mol. The molecule has 64 heavy (non-hydrogen) atoms. The first kappa shape index (κ1) is 62.6. The van der Waals surface area contributed by atoms with Crippen LogP contribution in [0.25, 0.3) is 0 Å². The number of allylic oxidation sites excluding steroid dienone is 1. The molecule has 2 atom stereocenters. The number of carbonyl (C=O) groups is 2. The van der Waals surface area contributed by atoms with E-state index in [0.717, 1.165) is 57.8 Å². The molecule has 0 heterocycles. The molecule has 6 nitrogen and oxygen atoms in total. The summed E-state index contributed by atoms with van der Waals surface area (Å²) in [6, 6.07) is -0.635. The molecule has 0 saturated carbocycles. The lowest BCUT2D eigenvalue weighted by atomic mass is 10.0. The number of hydrogen-bond donors (Lipinski definition) is 3. The zero-order valence-corrected chi connectivity index (χ0v) is 43.3. The van der Waals surface area contributed by atoms with Gasteiger partial charge in [-0.25, -0.2) is 0 Å². The minimum atomic E-state index is -0.851. The van der Waals surface area contributed by atoms with Crippen LogP contribution in [-0.4, -0.2) is 47.4 Å². The van der Waals surface area contributed by atoms with E-state index >= 15 is 0 Å². The molecule has 0 rings (SSSR count). The second-order valence-electron chi connectivity index (χ2n) is 20.0. The van der Waals surface area contributed by atoms with E-state index in [1.807, 2.05) is 6.08 Å². The van der Waals surface area contributed by atoms with Gasteiger partial charge in [-0.15, -0.1) is 0 Å². The summed E-state index contributed by atoms with van der Waals surface area (Å²) in [5.41, 5.74) is 0. The van der Waals surface area contributed by atoms with Gasteiger partial charge in [-0.2, -0.15) is 0 Å². The molecule has 1 amide bonds. The van der Waals surface area contributed by atoms with E-state index in [0.29, 0.717) is 19.4 Å². The van der Waals surface area contributed by atoms with E-state index in [2.05, 4.69) is 19.2 Å². The van der Waals surface area contributed by atoms with Gasteiger partial charge in [0.05, 0.1) is 25.4 Å². The van der Waals surface area contributed by atoms with Crippen molar-refractivity contribution >= 4 is 11.9 Å². The quantitative estimate of drug-likeness (QED) is 0.0321. The van der Waals surface area contributed by atoms with Crippen molar-refractivity contribution in [2.45, 2.75) is 334 Å². The van der Waals surface area contributed by atoms with E-state index in [4.69, 9.17) is 4.74 Å². The molecule has 0 aliphatic carbocycles. The predicted octanol–water partition coefficient (Wildman–Crippen LogP) is 17.7. The Balaban J connectivity index is 3.46. The van der Waals surface area contributed by atoms with Gasteiger partial charge in [0.2, 0.25) is 5.91 Å². The highest BCUT2D eigenvalue weighted by Gasteiger charge is 2.18. The lowest BCUT2D eigenvalue weighted by Crippen LogP contribution is -2.45. The summed E-state index contributed by atoms with van der Waals surface area (Å²) >= 11 is 0. The van der Waals surface area contributed by atoms with Gasteiger partial charge in [0.1, 0.15) is 0 Å². The molecule has 0 aliphatic rings. The smallest absolute Gasteiger partial charge is 0.305 e. The molecule has 0 aliphatic heterocycles. The summed E-state index contributed by atoms with van der Waals surface area (Å²) in [6.45, 7) is 4.91. The lowest BCUT2D eigenvalue weighted by molar-refractivity contribution is -0.143. The zero-order chi connectivity index (χ0) is 46.5. The highest BCUT2D eigenvalue weighted by atomic mass is 16.5. The van der Waals surface area contributed by atoms with Gasteiger partial charge in [0, 0.05) is 12.8 Å². The number of amides is 1. The molecule has 2 unspecified atom stereocenters. The molecule has 0 aromatic carbocycles. The van der Waals surface area contributed by atoms with Crippen molar-refractivity contribution in [1.82, 2.24) is 5.32 Å². The molecule has 0 fully saturated rings. The Hall–Kier alpha value is -1.40. The molecule has 0 aromatic heterocycles. The van der Waals surface area contributed by atoms with Crippen molar-refractivity contribution in [3.63, 3.8) is 0 Å². The average Bonchev–Trinajstić information content (AvgIpc) is 3.29. The minimum Gasteiger partial charge on any atom is -0.466 e. The molecule has 380 valence electrons. The fourth-order valence-corrected chi connectivity index (χ4v) is 9.11. The van der Waals surface area contributed by atoms with E-state index < -0.39 is 12.1 Å². The normalized spacial score (nSPS) is 12.6. The summed E-state index contributed by atoms with van der Waals surface area (Å²) in [4.78, 5) is 24.5. The van der Waals surface area contributed by atoms with Crippen molar-refractivity contribution in [3.05, 3.63) is 12.2 Å². The maximum Gasteiger partial charge on any atom is 0.305 e. The van der Waals surface area contributed by atoms with Crippen LogP contribution in [0.3, 0.4) is 0 Å². The summed E-state index contributed by atoms with van der Waals surface area (Å²) in [5.74, 6) is -0.0753. The Labute approximate surface area is 399 Å². The largest absolute Gasteiger partial charge is 0.466 e. The Morgan fingerprint density at radius 3 is 1.06 bits per heavy atom. The number of aliphatic hydroxyl groups excluding tert-OH is 2. The van der Waals surface area contributed by atoms with Gasteiger partial charge < -0.3 is 20.3 Å². The molecule has 6 heteroatoms. The van der Waals surface area contributed by atoms with Crippen LogP contribution in [-0.2, 0) is 14.3 Å². The first-order valence-corrected chi connectivity index (χ1v) is 29.0. The first-order chi connectivity index (χ1) is 31.5. The maximum atomic E-state index is 12.5. The van der Waals surface area contributed by atoms with Crippen LogP contribution in [0.1, 0.15) is 322 Å². The standard InChI is InChI=1S/C58H113NO5/c1-3-5-7-9-11-13-15-17-19-20-21-23-26-30-34-38-42-46-50-56(61)55(54-60)59-57(62)51-47-43-39-35-31-27-24-25-29-33-37-41-45-49-53-64-58(63)52-48-44-40-36-32-28-22-18-16-14-12-10-8-6-4-2/h46,50,55-56,60-61H,3-45,47-49,51-54H2,1-2H3,(H,59,62)/b50-46+. The van der Waals surface area contributed by atoms with Crippen LogP contribution >= 0.6 is 0 Å². The third-order valence-corrected chi connectivity index (χ3v) is 13.6. The van der Waals surface area contributed by atoms with Crippen LogP contribution in [0.4, 0.5) is 0 Å². The summed E-state index contributed by atoms with van der Waals surface area (Å²) in [7, 11) is 0. The number of hydrogen-bond acceptors (Lipinski definition) is 5.